The van der Waals surface area contributed by atoms with Gasteiger partial charge in [-0.25, -0.2) is 0 Å². The second-order valence-electron chi connectivity index (χ2n) is 2.77. The van der Waals surface area contributed by atoms with Crippen molar-refractivity contribution < 1.29 is 9.84 Å². The van der Waals surface area contributed by atoms with Crippen LogP contribution >= 0.6 is 0 Å². The van der Waals surface area contributed by atoms with E-state index in [4.69, 9.17) is 16.2 Å². The number of hydrogen-bond acceptors (Lipinski definition) is 4. The quantitative estimate of drug-likeness (QED) is 0.399. The zero-order chi connectivity index (χ0) is 7.72. The van der Waals surface area contributed by atoms with E-state index < -0.39 is 6.10 Å². The van der Waals surface area contributed by atoms with Crippen molar-refractivity contribution in [1.82, 2.24) is 0 Å². The molecule has 0 aromatic carbocycles. The van der Waals surface area contributed by atoms with Crippen LogP contribution in [0.25, 0.3) is 0 Å². The van der Waals surface area contributed by atoms with Crippen LogP contribution in [-0.4, -0.2) is 29.6 Å². The average Bonchev–Trinajstić information content (AvgIpc) is 1.82. The van der Waals surface area contributed by atoms with Gasteiger partial charge in [0.15, 0.2) is 0 Å². The second-order valence-corrected chi connectivity index (χ2v) is 2.77. The first-order chi connectivity index (χ1) is 4.61. The van der Waals surface area contributed by atoms with E-state index in [9.17, 15) is 5.11 Å². The van der Waals surface area contributed by atoms with E-state index in [0.717, 1.165) is 0 Å². The molecular weight excluding hydrogens is 132 g/mol. The van der Waals surface area contributed by atoms with E-state index in [0.29, 0.717) is 6.42 Å². The number of hydrogen-bond donors (Lipinski definition) is 3. The molecule has 0 aliphatic carbocycles. The molecule has 5 N–H and O–H groups in total. The molecule has 4 heteroatoms. The minimum absolute atomic E-state index is 0.237. The lowest BCUT2D eigenvalue weighted by Crippen LogP contribution is -2.53. The topological polar surface area (TPSA) is 81.5 Å². The van der Waals surface area contributed by atoms with Gasteiger partial charge in [0.1, 0.15) is 6.23 Å². The maximum absolute atomic E-state index is 9.26. The van der Waals surface area contributed by atoms with Gasteiger partial charge in [0.25, 0.3) is 0 Å². The van der Waals surface area contributed by atoms with Crippen LogP contribution in [-0.2, 0) is 4.74 Å². The van der Waals surface area contributed by atoms with E-state index in [1.165, 1.54) is 0 Å². The van der Waals surface area contributed by atoms with Gasteiger partial charge in [-0.15, -0.1) is 0 Å². The molecule has 60 valence electrons. The summed E-state index contributed by atoms with van der Waals surface area (Å²) in [5.41, 5.74) is 11.0. The molecule has 0 aromatic rings. The van der Waals surface area contributed by atoms with Crippen LogP contribution in [0, 0.1) is 0 Å². The van der Waals surface area contributed by atoms with Gasteiger partial charge in [-0.2, -0.15) is 0 Å². The number of aliphatic hydroxyl groups is 1. The van der Waals surface area contributed by atoms with Crippen LogP contribution in [0.2, 0.25) is 0 Å². The molecule has 0 spiro atoms. The van der Waals surface area contributed by atoms with E-state index in [2.05, 4.69) is 0 Å². The van der Waals surface area contributed by atoms with Gasteiger partial charge >= 0.3 is 0 Å². The molecule has 10 heavy (non-hydrogen) atoms. The van der Waals surface area contributed by atoms with Gasteiger partial charge < -0.3 is 21.3 Å². The summed E-state index contributed by atoms with van der Waals surface area (Å²) in [6, 6.07) is -0.237. The summed E-state index contributed by atoms with van der Waals surface area (Å²) < 4.78 is 5.12. The largest absolute Gasteiger partial charge is 0.389 e. The van der Waals surface area contributed by atoms with Crippen molar-refractivity contribution in [2.45, 2.75) is 37.8 Å². The SMILES string of the molecule is CC1OC(N)CC(N)C1O. The molecule has 1 heterocycles. The van der Waals surface area contributed by atoms with Crippen LogP contribution in [0.5, 0.6) is 0 Å². The first-order valence-electron chi connectivity index (χ1n) is 3.46. The molecule has 1 saturated heterocycles. The highest BCUT2D eigenvalue weighted by Gasteiger charge is 2.30. The third-order valence-electron chi connectivity index (χ3n) is 1.81. The summed E-state index contributed by atoms with van der Waals surface area (Å²) in [6.07, 6.45) is -0.585. The molecule has 4 unspecified atom stereocenters. The molecule has 0 bridgehead atoms. The molecule has 0 saturated carbocycles. The van der Waals surface area contributed by atoms with Crippen molar-refractivity contribution in [2.24, 2.45) is 11.5 Å². The molecule has 0 aromatic heterocycles. The van der Waals surface area contributed by atoms with Crippen LogP contribution in [0.3, 0.4) is 0 Å². The number of nitrogens with two attached hydrogens (primary N) is 2. The molecule has 4 atom stereocenters. The average molecular weight is 146 g/mol. The zero-order valence-corrected chi connectivity index (χ0v) is 6.03. The molecule has 1 rings (SSSR count). The number of aliphatic hydroxyl groups excluding tert-OH is 1. The maximum Gasteiger partial charge on any atom is 0.107 e. The van der Waals surface area contributed by atoms with Crippen molar-refractivity contribution in [2.75, 3.05) is 0 Å². The fraction of sp³-hybridized carbons (Fsp3) is 1.00. The highest BCUT2D eigenvalue weighted by atomic mass is 16.5. The molecule has 1 aliphatic heterocycles. The molecule has 4 nitrogen and oxygen atoms in total. The summed E-state index contributed by atoms with van der Waals surface area (Å²) in [6.45, 7) is 1.77. The Morgan fingerprint density at radius 1 is 1.50 bits per heavy atom. The van der Waals surface area contributed by atoms with Crippen molar-refractivity contribution in [3.05, 3.63) is 0 Å². The Bertz CT molecular complexity index is 108. The van der Waals surface area contributed by atoms with Gasteiger partial charge in [-0.1, -0.05) is 0 Å². The molecule has 0 radical (unpaired) electrons. The van der Waals surface area contributed by atoms with Crippen molar-refractivity contribution in [1.29, 1.82) is 0 Å². The Morgan fingerprint density at radius 2 is 2.10 bits per heavy atom. The Morgan fingerprint density at radius 3 is 2.60 bits per heavy atom. The summed E-state index contributed by atoms with van der Waals surface area (Å²) in [5, 5.41) is 9.26. The smallest absolute Gasteiger partial charge is 0.107 e. The van der Waals surface area contributed by atoms with E-state index in [-0.39, 0.29) is 18.4 Å². The second kappa shape index (κ2) is 2.84. The minimum atomic E-state index is -0.570. The lowest BCUT2D eigenvalue weighted by Gasteiger charge is -2.34. The fourth-order valence-corrected chi connectivity index (χ4v) is 1.17. The minimum Gasteiger partial charge on any atom is -0.389 e. The Labute approximate surface area is 60.1 Å². The summed E-state index contributed by atoms with van der Waals surface area (Å²) >= 11 is 0. The molecule has 1 aliphatic rings. The molecule has 1 fully saturated rings. The normalized spacial score (nSPS) is 49.2. The maximum atomic E-state index is 9.26. The predicted octanol–water partition coefficient (Wildman–Crippen LogP) is -1.23. The Kier molecular flexibility index (Phi) is 2.25. The van der Waals surface area contributed by atoms with E-state index in [1.54, 1.807) is 6.92 Å². The summed E-state index contributed by atoms with van der Waals surface area (Å²) in [7, 11) is 0. The Balaban J connectivity index is 2.49. The van der Waals surface area contributed by atoms with Crippen LogP contribution in [0.15, 0.2) is 0 Å². The zero-order valence-electron chi connectivity index (χ0n) is 6.03. The highest BCUT2D eigenvalue weighted by Crippen LogP contribution is 2.15. The van der Waals surface area contributed by atoms with Gasteiger partial charge in [0.05, 0.1) is 12.2 Å². The van der Waals surface area contributed by atoms with Gasteiger partial charge in [0, 0.05) is 12.5 Å². The van der Waals surface area contributed by atoms with Gasteiger partial charge in [-0.3, -0.25) is 0 Å². The number of ether oxygens (including phenoxy) is 1. The molecule has 0 amide bonds. The predicted molar refractivity (Wildman–Crippen MR) is 37.1 cm³/mol. The lowest BCUT2D eigenvalue weighted by molar-refractivity contribution is -0.115. The van der Waals surface area contributed by atoms with Crippen molar-refractivity contribution in [3.8, 4) is 0 Å². The van der Waals surface area contributed by atoms with Crippen LogP contribution in [0.1, 0.15) is 13.3 Å². The first-order valence-corrected chi connectivity index (χ1v) is 3.46. The van der Waals surface area contributed by atoms with Gasteiger partial charge in [-0.05, 0) is 6.92 Å². The van der Waals surface area contributed by atoms with Crippen molar-refractivity contribution >= 4 is 0 Å². The lowest BCUT2D eigenvalue weighted by atomic mass is 10.0. The van der Waals surface area contributed by atoms with E-state index >= 15 is 0 Å². The standard InChI is InChI=1S/C6H14N2O2/c1-3-6(9)4(7)2-5(8)10-3/h3-6,9H,2,7-8H2,1H3. The molecular formula is C6H14N2O2. The third kappa shape index (κ3) is 1.46. The first kappa shape index (κ1) is 7.94. The van der Waals surface area contributed by atoms with Crippen LogP contribution in [0.4, 0.5) is 0 Å². The summed E-state index contributed by atoms with van der Waals surface area (Å²) in [4.78, 5) is 0. The Hall–Kier alpha value is -0.160. The summed E-state index contributed by atoms with van der Waals surface area (Å²) in [5.74, 6) is 0. The highest BCUT2D eigenvalue weighted by molar-refractivity contribution is 4.83. The van der Waals surface area contributed by atoms with E-state index in [1.807, 2.05) is 0 Å². The third-order valence-corrected chi connectivity index (χ3v) is 1.81. The van der Waals surface area contributed by atoms with Crippen molar-refractivity contribution in [3.63, 3.8) is 0 Å². The fourth-order valence-electron chi connectivity index (χ4n) is 1.17. The van der Waals surface area contributed by atoms with Gasteiger partial charge in [0.2, 0.25) is 0 Å². The van der Waals surface area contributed by atoms with Crippen LogP contribution < -0.4 is 11.5 Å². The number of rotatable bonds is 0. The monoisotopic (exact) mass is 146 g/mol.